The van der Waals surface area contributed by atoms with Crippen molar-refractivity contribution in [2.45, 2.75) is 61.5 Å². The minimum absolute atomic E-state index is 0.200. The van der Waals surface area contributed by atoms with E-state index in [1.807, 2.05) is 0 Å². The van der Waals surface area contributed by atoms with Crippen LogP contribution in [0, 0.1) is 0 Å². The summed E-state index contributed by atoms with van der Waals surface area (Å²) in [5.74, 6) is -0.203. The summed E-state index contributed by atoms with van der Waals surface area (Å²) in [5, 5.41) is 3.97. The van der Waals surface area contributed by atoms with Crippen LogP contribution >= 0.6 is 0 Å². The molecule has 0 radical (unpaired) electrons. The van der Waals surface area contributed by atoms with E-state index in [-0.39, 0.29) is 5.75 Å². The largest absolute Gasteiger partial charge is 0.360 e. The van der Waals surface area contributed by atoms with Gasteiger partial charge in [0.25, 0.3) is 0 Å². The topological polar surface area (TPSA) is 90.7 Å². The van der Waals surface area contributed by atoms with E-state index in [1.54, 1.807) is 13.2 Å². The second kappa shape index (κ2) is 5.27. The molecule has 2 atom stereocenters. The Balaban J connectivity index is 1.52. The maximum atomic E-state index is 12.6. The number of hydrogen-bond acceptors (Lipinski definition) is 6. The van der Waals surface area contributed by atoms with Crippen LogP contribution < -0.4 is 4.72 Å². The van der Waals surface area contributed by atoms with Crippen LogP contribution in [0.5, 0.6) is 0 Å². The Labute approximate surface area is 135 Å². The van der Waals surface area contributed by atoms with Gasteiger partial charge < -0.3 is 14.0 Å². The highest BCUT2D eigenvalue weighted by atomic mass is 32.2. The number of methoxy groups -OCH3 is 1. The molecule has 1 aliphatic heterocycles. The maximum absolute atomic E-state index is 12.6. The molecule has 0 aromatic carbocycles. The standard InChI is InChI=1S/C15H22N2O5S/c1-20-15-6-2-5-14(15,7-8-21-15)17-23(18,19)10-12-9-13(16-22-12)11-3-4-11/h9,11,17H,2-8,10H2,1H3/t14-,15+/m1/s1. The van der Waals surface area contributed by atoms with E-state index in [0.29, 0.717) is 31.1 Å². The Morgan fingerprint density at radius 1 is 1.39 bits per heavy atom. The Morgan fingerprint density at radius 2 is 2.22 bits per heavy atom. The minimum Gasteiger partial charge on any atom is -0.360 e. The van der Waals surface area contributed by atoms with Gasteiger partial charge in [-0.1, -0.05) is 5.16 Å². The molecule has 0 unspecified atom stereocenters. The number of hydrogen-bond donors (Lipinski definition) is 1. The van der Waals surface area contributed by atoms with Gasteiger partial charge >= 0.3 is 0 Å². The lowest BCUT2D eigenvalue weighted by molar-refractivity contribution is -0.212. The molecule has 4 rings (SSSR count). The summed E-state index contributed by atoms with van der Waals surface area (Å²) in [4.78, 5) is 0. The minimum atomic E-state index is -3.57. The Morgan fingerprint density at radius 3 is 2.96 bits per heavy atom. The first-order chi connectivity index (χ1) is 11.0. The van der Waals surface area contributed by atoms with Crippen LogP contribution in [0.15, 0.2) is 10.6 Å². The molecule has 23 heavy (non-hydrogen) atoms. The van der Waals surface area contributed by atoms with Crippen molar-refractivity contribution in [3.05, 3.63) is 17.5 Å². The average molecular weight is 342 g/mol. The van der Waals surface area contributed by atoms with E-state index in [1.165, 1.54) is 0 Å². The fourth-order valence-electron chi connectivity index (χ4n) is 3.99. The molecule has 8 heteroatoms. The van der Waals surface area contributed by atoms with Crippen molar-refractivity contribution in [2.24, 2.45) is 0 Å². The second-order valence-corrected chi connectivity index (χ2v) is 8.57. The number of aromatic nitrogens is 1. The third-order valence-corrected chi connectivity index (χ3v) is 6.65. The number of nitrogens with zero attached hydrogens (tertiary/aromatic N) is 1. The summed E-state index contributed by atoms with van der Waals surface area (Å²) in [6.07, 6.45) is 5.15. The number of fused-ring (bicyclic) bond motifs is 1. The fraction of sp³-hybridized carbons (Fsp3) is 0.800. The van der Waals surface area contributed by atoms with Gasteiger partial charge in [-0.2, -0.15) is 0 Å². The van der Waals surface area contributed by atoms with Gasteiger partial charge in [-0.15, -0.1) is 0 Å². The van der Waals surface area contributed by atoms with E-state index >= 15 is 0 Å². The molecule has 0 bridgehead atoms. The summed E-state index contributed by atoms with van der Waals surface area (Å²) >= 11 is 0. The predicted molar refractivity (Wildman–Crippen MR) is 81.1 cm³/mol. The summed E-state index contributed by atoms with van der Waals surface area (Å²) in [6, 6.07) is 1.76. The van der Waals surface area contributed by atoms with Gasteiger partial charge in [0.05, 0.1) is 17.8 Å². The molecular weight excluding hydrogens is 320 g/mol. The number of rotatable bonds is 6. The highest BCUT2D eigenvalue weighted by Crippen LogP contribution is 2.49. The lowest BCUT2D eigenvalue weighted by atomic mass is 9.92. The number of ether oxygens (including phenoxy) is 2. The van der Waals surface area contributed by atoms with Gasteiger partial charge in [-0.3, -0.25) is 0 Å². The molecule has 1 aromatic heterocycles. The van der Waals surface area contributed by atoms with Crippen LogP contribution in [0.25, 0.3) is 0 Å². The molecule has 2 saturated carbocycles. The van der Waals surface area contributed by atoms with Crippen molar-refractivity contribution >= 4 is 10.0 Å². The van der Waals surface area contributed by atoms with E-state index in [4.69, 9.17) is 14.0 Å². The predicted octanol–water partition coefficient (Wildman–Crippen LogP) is 1.66. The Bertz CT molecular complexity index is 684. The molecule has 0 spiro atoms. The van der Waals surface area contributed by atoms with Crippen molar-refractivity contribution in [3.8, 4) is 0 Å². The normalized spacial score (nSPS) is 34.0. The average Bonchev–Trinajstić information content (AvgIpc) is 3.01. The second-order valence-electron chi connectivity index (χ2n) is 6.84. The van der Waals surface area contributed by atoms with Gasteiger partial charge in [-0.05, 0) is 32.1 Å². The lowest BCUT2D eigenvalue weighted by Gasteiger charge is -2.37. The maximum Gasteiger partial charge on any atom is 0.219 e. The van der Waals surface area contributed by atoms with Gasteiger partial charge in [0.2, 0.25) is 10.0 Å². The summed E-state index contributed by atoms with van der Waals surface area (Å²) < 4.78 is 44.7. The van der Waals surface area contributed by atoms with Crippen LogP contribution in [0.1, 0.15) is 55.9 Å². The molecule has 1 aromatic rings. The summed E-state index contributed by atoms with van der Waals surface area (Å²) in [7, 11) is -1.98. The quantitative estimate of drug-likeness (QED) is 0.845. The van der Waals surface area contributed by atoms with Gasteiger partial charge in [0.1, 0.15) is 5.75 Å². The molecule has 1 N–H and O–H groups in total. The molecule has 3 fully saturated rings. The molecule has 0 amide bonds. The van der Waals surface area contributed by atoms with Crippen molar-refractivity contribution < 1.29 is 22.4 Å². The SMILES string of the molecule is CO[C@]12CCC[C@@]1(NS(=O)(=O)Cc1cc(C3CC3)no1)CCO2. The first-order valence-corrected chi connectivity index (χ1v) is 9.79. The molecule has 3 aliphatic rings. The zero-order chi connectivity index (χ0) is 16.1. The zero-order valence-electron chi connectivity index (χ0n) is 13.2. The first kappa shape index (κ1) is 15.6. The van der Waals surface area contributed by atoms with E-state index in [9.17, 15) is 8.42 Å². The fourth-order valence-corrected chi connectivity index (χ4v) is 5.53. The molecule has 2 aliphatic carbocycles. The zero-order valence-corrected chi connectivity index (χ0v) is 14.0. The van der Waals surface area contributed by atoms with Crippen LogP contribution in [-0.2, 0) is 25.2 Å². The highest BCUT2D eigenvalue weighted by Gasteiger charge is 2.61. The lowest BCUT2D eigenvalue weighted by Crippen LogP contribution is -2.59. The van der Waals surface area contributed by atoms with Crippen LogP contribution in [0.2, 0.25) is 0 Å². The highest BCUT2D eigenvalue weighted by molar-refractivity contribution is 7.88. The number of sulfonamides is 1. The Hall–Kier alpha value is -0.960. The van der Waals surface area contributed by atoms with E-state index in [0.717, 1.165) is 31.4 Å². The summed E-state index contributed by atoms with van der Waals surface area (Å²) in [5.41, 5.74) is 0.199. The van der Waals surface area contributed by atoms with Crippen molar-refractivity contribution in [3.63, 3.8) is 0 Å². The number of nitrogens with one attached hydrogen (secondary N) is 1. The third-order valence-electron chi connectivity index (χ3n) is 5.29. The van der Waals surface area contributed by atoms with Crippen LogP contribution in [0.3, 0.4) is 0 Å². The Kier molecular flexibility index (Phi) is 3.57. The van der Waals surface area contributed by atoms with E-state index < -0.39 is 21.3 Å². The molecule has 128 valence electrons. The molecular formula is C15H22N2O5S. The summed E-state index contributed by atoms with van der Waals surface area (Å²) in [6.45, 7) is 0.504. The van der Waals surface area contributed by atoms with Crippen molar-refractivity contribution in [1.29, 1.82) is 0 Å². The van der Waals surface area contributed by atoms with Crippen LogP contribution in [-0.4, -0.2) is 38.6 Å². The first-order valence-electron chi connectivity index (χ1n) is 8.14. The van der Waals surface area contributed by atoms with Crippen LogP contribution in [0.4, 0.5) is 0 Å². The van der Waals surface area contributed by atoms with E-state index in [2.05, 4.69) is 9.88 Å². The smallest absolute Gasteiger partial charge is 0.219 e. The van der Waals surface area contributed by atoms with Gasteiger partial charge in [0, 0.05) is 25.5 Å². The van der Waals surface area contributed by atoms with Gasteiger partial charge in [-0.25, -0.2) is 13.1 Å². The van der Waals surface area contributed by atoms with Gasteiger partial charge in [0.15, 0.2) is 11.5 Å². The molecule has 2 heterocycles. The monoisotopic (exact) mass is 342 g/mol. The third kappa shape index (κ3) is 2.61. The molecule has 7 nitrogen and oxygen atoms in total. The molecule has 1 saturated heterocycles. The van der Waals surface area contributed by atoms with Crippen molar-refractivity contribution in [2.75, 3.05) is 13.7 Å². The van der Waals surface area contributed by atoms with Crippen molar-refractivity contribution in [1.82, 2.24) is 9.88 Å².